The van der Waals surface area contributed by atoms with Crippen molar-refractivity contribution in [1.82, 2.24) is 5.32 Å². The van der Waals surface area contributed by atoms with Crippen molar-refractivity contribution in [1.29, 1.82) is 0 Å². The zero-order valence-corrected chi connectivity index (χ0v) is 12.9. The van der Waals surface area contributed by atoms with Gasteiger partial charge in [0.2, 0.25) is 0 Å². The molecule has 2 saturated carbocycles. The Morgan fingerprint density at radius 3 is 2.47 bits per heavy atom. The maximum Gasteiger partial charge on any atom is 0.0438 e. The van der Waals surface area contributed by atoms with Crippen LogP contribution >= 0.6 is 11.6 Å². The van der Waals surface area contributed by atoms with Crippen molar-refractivity contribution in [3.05, 3.63) is 33.8 Å². The quantitative estimate of drug-likeness (QED) is 0.844. The van der Waals surface area contributed by atoms with Crippen LogP contribution in [0.1, 0.15) is 48.9 Å². The summed E-state index contributed by atoms with van der Waals surface area (Å²) < 4.78 is 0. The van der Waals surface area contributed by atoms with Gasteiger partial charge in [0.05, 0.1) is 0 Å². The zero-order chi connectivity index (χ0) is 13.6. The van der Waals surface area contributed by atoms with E-state index in [1.807, 2.05) is 0 Å². The molecule has 0 saturated heterocycles. The molecule has 3 atom stereocenters. The van der Waals surface area contributed by atoms with E-state index >= 15 is 0 Å². The van der Waals surface area contributed by atoms with E-state index in [4.69, 9.17) is 11.6 Å². The van der Waals surface area contributed by atoms with Gasteiger partial charge < -0.3 is 5.32 Å². The van der Waals surface area contributed by atoms with Crippen molar-refractivity contribution in [3.63, 3.8) is 0 Å². The Kier molecular flexibility index (Phi) is 3.61. The van der Waals surface area contributed by atoms with Gasteiger partial charge in [-0.25, -0.2) is 0 Å². The van der Waals surface area contributed by atoms with Crippen molar-refractivity contribution < 1.29 is 0 Å². The molecular formula is C17H24ClN. The minimum absolute atomic E-state index is 0.522. The Morgan fingerprint density at radius 1 is 1.16 bits per heavy atom. The fourth-order valence-electron chi connectivity index (χ4n) is 3.92. The van der Waals surface area contributed by atoms with E-state index in [1.165, 1.54) is 36.0 Å². The summed E-state index contributed by atoms with van der Waals surface area (Å²) in [7, 11) is 0. The summed E-state index contributed by atoms with van der Waals surface area (Å²) in [5, 5.41) is 4.62. The van der Waals surface area contributed by atoms with E-state index in [0.717, 1.165) is 29.3 Å². The Hall–Kier alpha value is -0.530. The third-order valence-corrected chi connectivity index (χ3v) is 5.47. The maximum atomic E-state index is 6.24. The van der Waals surface area contributed by atoms with Crippen LogP contribution in [-0.2, 0) is 0 Å². The highest BCUT2D eigenvalue weighted by Crippen LogP contribution is 2.57. The Balaban J connectivity index is 1.88. The Labute approximate surface area is 121 Å². The molecule has 2 fully saturated rings. The van der Waals surface area contributed by atoms with Crippen molar-refractivity contribution >= 4 is 11.6 Å². The van der Waals surface area contributed by atoms with E-state index < -0.39 is 0 Å². The molecule has 1 aromatic carbocycles. The van der Waals surface area contributed by atoms with E-state index in [9.17, 15) is 0 Å². The monoisotopic (exact) mass is 277 g/mol. The molecule has 1 N–H and O–H groups in total. The highest BCUT2D eigenvalue weighted by molar-refractivity contribution is 6.31. The number of halogens is 1. The standard InChI is InChI=1S/C17H24ClN/c1-4-19-17(14-8-12-7-13(12)9-14)15-5-11(3)16(18)6-10(15)2/h5-6,12-14,17,19H,4,7-9H2,1-3H3. The van der Waals surface area contributed by atoms with Crippen LogP contribution in [-0.4, -0.2) is 6.54 Å². The van der Waals surface area contributed by atoms with Gasteiger partial charge in [0.15, 0.2) is 0 Å². The molecular weight excluding hydrogens is 254 g/mol. The van der Waals surface area contributed by atoms with Crippen molar-refractivity contribution in [2.24, 2.45) is 17.8 Å². The first-order valence-corrected chi connectivity index (χ1v) is 7.98. The van der Waals surface area contributed by atoms with Gasteiger partial charge in [-0.15, -0.1) is 0 Å². The molecule has 0 aromatic heterocycles. The van der Waals surface area contributed by atoms with Crippen LogP contribution in [0.3, 0.4) is 0 Å². The van der Waals surface area contributed by atoms with Gasteiger partial charge in [-0.2, -0.15) is 0 Å². The normalized spacial score (nSPS) is 30.2. The number of nitrogens with one attached hydrogen (secondary N) is 1. The van der Waals surface area contributed by atoms with E-state index in [-0.39, 0.29) is 0 Å². The van der Waals surface area contributed by atoms with Crippen LogP contribution < -0.4 is 5.32 Å². The van der Waals surface area contributed by atoms with E-state index in [0.29, 0.717) is 6.04 Å². The first kappa shape index (κ1) is 13.5. The molecule has 0 bridgehead atoms. The molecule has 19 heavy (non-hydrogen) atoms. The number of aryl methyl sites for hydroxylation is 2. The molecule has 0 amide bonds. The summed E-state index contributed by atoms with van der Waals surface area (Å²) in [6, 6.07) is 4.95. The molecule has 2 heteroatoms. The van der Waals surface area contributed by atoms with Gasteiger partial charge in [-0.1, -0.05) is 24.6 Å². The van der Waals surface area contributed by atoms with E-state index in [2.05, 4.69) is 38.2 Å². The summed E-state index contributed by atoms with van der Waals surface area (Å²) in [5.74, 6) is 2.91. The largest absolute Gasteiger partial charge is 0.310 e. The van der Waals surface area contributed by atoms with Gasteiger partial charge in [-0.3, -0.25) is 0 Å². The van der Waals surface area contributed by atoms with Gasteiger partial charge in [0.25, 0.3) is 0 Å². The minimum atomic E-state index is 0.522. The lowest BCUT2D eigenvalue weighted by Gasteiger charge is -2.28. The van der Waals surface area contributed by atoms with Crippen LogP contribution in [0.15, 0.2) is 12.1 Å². The van der Waals surface area contributed by atoms with Gasteiger partial charge in [0.1, 0.15) is 0 Å². The first-order chi connectivity index (χ1) is 9.10. The van der Waals surface area contributed by atoms with Crippen LogP contribution in [0.4, 0.5) is 0 Å². The number of rotatable bonds is 4. The van der Waals surface area contributed by atoms with Gasteiger partial charge in [-0.05, 0) is 80.2 Å². The molecule has 0 radical (unpaired) electrons. The number of fused-ring (bicyclic) bond motifs is 1. The lowest BCUT2D eigenvalue weighted by atomic mass is 9.86. The van der Waals surface area contributed by atoms with E-state index in [1.54, 1.807) is 0 Å². The molecule has 1 aromatic rings. The van der Waals surface area contributed by atoms with Crippen LogP contribution in [0.25, 0.3) is 0 Å². The van der Waals surface area contributed by atoms with Crippen LogP contribution in [0.5, 0.6) is 0 Å². The summed E-state index contributed by atoms with van der Waals surface area (Å²) >= 11 is 6.24. The topological polar surface area (TPSA) is 12.0 Å². The number of hydrogen-bond acceptors (Lipinski definition) is 1. The molecule has 0 heterocycles. The predicted octanol–water partition coefficient (Wildman–Crippen LogP) is 4.65. The third kappa shape index (κ3) is 2.55. The lowest BCUT2D eigenvalue weighted by Crippen LogP contribution is -2.28. The minimum Gasteiger partial charge on any atom is -0.310 e. The molecule has 0 spiro atoms. The van der Waals surface area contributed by atoms with Crippen molar-refractivity contribution in [2.75, 3.05) is 6.54 Å². The maximum absolute atomic E-state index is 6.24. The zero-order valence-electron chi connectivity index (χ0n) is 12.2. The second kappa shape index (κ2) is 5.10. The van der Waals surface area contributed by atoms with Crippen LogP contribution in [0.2, 0.25) is 5.02 Å². The van der Waals surface area contributed by atoms with Crippen molar-refractivity contribution in [3.8, 4) is 0 Å². The molecule has 3 rings (SSSR count). The SMILES string of the molecule is CCNC(c1cc(C)c(Cl)cc1C)C1CC2CC2C1. The molecule has 0 aliphatic heterocycles. The number of benzene rings is 1. The average Bonchev–Trinajstić information content (AvgIpc) is 2.98. The fourth-order valence-corrected chi connectivity index (χ4v) is 4.14. The molecule has 1 nitrogen and oxygen atoms in total. The first-order valence-electron chi connectivity index (χ1n) is 7.60. The van der Waals surface area contributed by atoms with Gasteiger partial charge >= 0.3 is 0 Å². The van der Waals surface area contributed by atoms with Crippen LogP contribution in [0, 0.1) is 31.6 Å². The smallest absolute Gasteiger partial charge is 0.0438 e. The predicted molar refractivity (Wildman–Crippen MR) is 81.7 cm³/mol. The molecule has 2 aliphatic carbocycles. The second-order valence-electron chi connectivity index (χ2n) is 6.48. The number of hydrogen-bond donors (Lipinski definition) is 1. The Morgan fingerprint density at radius 2 is 1.84 bits per heavy atom. The van der Waals surface area contributed by atoms with Gasteiger partial charge in [0, 0.05) is 11.1 Å². The molecule has 104 valence electrons. The molecule has 2 aliphatic rings. The van der Waals surface area contributed by atoms with Crippen molar-refractivity contribution in [2.45, 2.75) is 46.1 Å². The summed E-state index contributed by atoms with van der Waals surface area (Å²) in [6.45, 7) is 7.56. The lowest BCUT2D eigenvalue weighted by molar-refractivity contribution is 0.345. The second-order valence-corrected chi connectivity index (χ2v) is 6.89. The summed E-state index contributed by atoms with van der Waals surface area (Å²) in [4.78, 5) is 0. The Bertz CT molecular complexity index is 472. The summed E-state index contributed by atoms with van der Waals surface area (Å²) in [5.41, 5.74) is 4.01. The summed E-state index contributed by atoms with van der Waals surface area (Å²) in [6.07, 6.45) is 4.33. The average molecular weight is 278 g/mol. The fraction of sp³-hybridized carbons (Fsp3) is 0.647. The molecule has 3 unspecified atom stereocenters. The highest BCUT2D eigenvalue weighted by atomic mass is 35.5. The highest BCUT2D eigenvalue weighted by Gasteiger charge is 2.48. The third-order valence-electron chi connectivity index (χ3n) is 5.06.